The summed E-state index contributed by atoms with van der Waals surface area (Å²) in [5.74, 6) is -2.17. The predicted octanol–water partition coefficient (Wildman–Crippen LogP) is 2.10. The van der Waals surface area contributed by atoms with Crippen molar-refractivity contribution in [3.63, 3.8) is 0 Å². The van der Waals surface area contributed by atoms with Crippen molar-refractivity contribution in [3.8, 4) is 0 Å². The van der Waals surface area contributed by atoms with Gasteiger partial charge in [-0.2, -0.15) is 0 Å². The molecule has 1 amide bonds. The Kier molecular flexibility index (Phi) is 2.78. The Labute approximate surface area is 116 Å². The summed E-state index contributed by atoms with van der Waals surface area (Å²) in [6.45, 7) is -0.119. The fourth-order valence-corrected chi connectivity index (χ4v) is 2.84. The smallest absolute Gasteiger partial charge is 0.297 e. The van der Waals surface area contributed by atoms with Crippen molar-refractivity contribution in [2.45, 2.75) is 12.8 Å². The first-order valence-electron chi connectivity index (χ1n) is 5.87. The van der Waals surface area contributed by atoms with Crippen LogP contribution in [0, 0.1) is 11.7 Å². The van der Waals surface area contributed by atoms with E-state index in [1.807, 2.05) is 0 Å². The van der Waals surface area contributed by atoms with Crippen LogP contribution in [-0.2, 0) is 9.59 Å². The third-order valence-corrected chi connectivity index (χ3v) is 3.93. The van der Waals surface area contributed by atoms with Crippen LogP contribution in [0.1, 0.15) is 23.2 Å². The lowest BCUT2D eigenvalue weighted by molar-refractivity contribution is -0.121. The zero-order valence-electron chi connectivity index (χ0n) is 9.78. The number of amides is 1. The number of halogens is 2. The van der Waals surface area contributed by atoms with Gasteiger partial charge in [-0.05, 0) is 40.9 Å². The first kappa shape index (κ1) is 12.5. The normalized spacial score (nSPS) is 17.9. The minimum absolute atomic E-state index is 0.00572. The molecule has 0 unspecified atom stereocenters. The predicted molar refractivity (Wildman–Crippen MR) is 68.5 cm³/mol. The third kappa shape index (κ3) is 2.00. The zero-order chi connectivity index (χ0) is 13.7. The largest absolute Gasteiger partial charge is 0.299 e. The molecule has 0 atom stereocenters. The zero-order valence-corrected chi connectivity index (χ0v) is 11.4. The molecule has 4 nitrogen and oxygen atoms in total. The van der Waals surface area contributed by atoms with Gasteiger partial charge in [0.25, 0.3) is 11.7 Å². The molecule has 0 bridgehead atoms. The van der Waals surface area contributed by atoms with Crippen LogP contribution in [0.25, 0.3) is 0 Å². The Morgan fingerprint density at radius 2 is 2.05 bits per heavy atom. The molecule has 3 rings (SSSR count). The van der Waals surface area contributed by atoms with Crippen LogP contribution in [-0.4, -0.2) is 24.0 Å². The Balaban J connectivity index is 2.01. The number of hydrogen-bond acceptors (Lipinski definition) is 3. The molecule has 6 heteroatoms. The monoisotopic (exact) mass is 325 g/mol. The lowest BCUT2D eigenvalue weighted by Gasteiger charge is -2.16. The van der Waals surface area contributed by atoms with Crippen LogP contribution in [0.5, 0.6) is 0 Å². The van der Waals surface area contributed by atoms with E-state index in [1.54, 1.807) is 0 Å². The molecule has 1 saturated carbocycles. The molecular formula is C13H9BrFNO3. The number of nitrogens with zero attached hydrogens (tertiary/aromatic N) is 1. The van der Waals surface area contributed by atoms with E-state index in [0.29, 0.717) is 10.2 Å². The summed E-state index contributed by atoms with van der Waals surface area (Å²) < 4.78 is 13.6. The second-order valence-electron chi connectivity index (χ2n) is 4.74. The van der Waals surface area contributed by atoms with Crippen molar-refractivity contribution >= 4 is 39.1 Å². The maximum absolute atomic E-state index is 13.3. The van der Waals surface area contributed by atoms with Crippen LogP contribution in [0.4, 0.5) is 10.1 Å². The van der Waals surface area contributed by atoms with Gasteiger partial charge < -0.3 is 0 Å². The molecule has 1 aliphatic carbocycles. The highest BCUT2D eigenvalue weighted by Crippen LogP contribution is 2.38. The molecule has 1 aromatic rings. The molecule has 0 radical (unpaired) electrons. The van der Waals surface area contributed by atoms with E-state index in [1.165, 1.54) is 6.07 Å². The Morgan fingerprint density at radius 1 is 1.37 bits per heavy atom. The lowest BCUT2D eigenvalue weighted by Crippen LogP contribution is -2.35. The van der Waals surface area contributed by atoms with E-state index in [0.717, 1.165) is 23.8 Å². The molecule has 0 N–H and O–H groups in total. The quantitative estimate of drug-likeness (QED) is 0.800. The van der Waals surface area contributed by atoms with Gasteiger partial charge in [-0.25, -0.2) is 4.39 Å². The molecule has 1 aliphatic heterocycles. The first-order valence-corrected chi connectivity index (χ1v) is 6.66. The highest BCUT2D eigenvalue weighted by atomic mass is 79.9. The number of benzene rings is 1. The van der Waals surface area contributed by atoms with E-state index < -0.39 is 17.5 Å². The second kappa shape index (κ2) is 4.23. The van der Waals surface area contributed by atoms with Crippen molar-refractivity contribution in [2.24, 2.45) is 5.92 Å². The van der Waals surface area contributed by atoms with Gasteiger partial charge in [-0.1, -0.05) is 0 Å². The van der Waals surface area contributed by atoms with Crippen molar-refractivity contribution < 1.29 is 18.8 Å². The highest BCUT2D eigenvalue weighted by molar-refractivity contribution is 9.10. The number of carbonyl (C=O) groups excluding carboxylic acids is 3. The summed E-state index contributed by atoms with van der Waals surface area (Å²) >= 11 is 3.14. The van der Waals surface area contributed by atoms with Crippen LogP contribution in [0.15, 0.2) is 16.6 Å². The number of fused-ring (bicyclic) bond motifs is 1. The summed E-state index contributed by atoms with van der Waals surface area (Å²) in [4.78, 5) is 36.6. The average molecular weight is 326 g/mol. The summed E-state index contributed by atoms with van der Waals surface area (Å²) in [5.41, 5.74) is 0.311. The van der Waals surface area contributed by atoms with E-state index in [2.05, 4.69) is 15.9 Å². The molecule has 2 aliphatic rings. The molecule has 1 heterocycles. The van der Waals surface area contributed by atoms with Crippen LogP contribution >= 0.6 is 15.9 Å². The number of anilines is 1. The molecular weight excluding hydrogens is 317 g/mol. The molecule has 19 heavy (non-hydrogen) atoms. The number of ketones is 2. The highest BCUT2D eigenvalue weighted by Gasteiger charge is 2.41. The molecule has 1 fully saturated rings. The molecule has 1 aromatic carbocycles. The van der Waals surface area contributed by atoms with Crippen molar-refractivity contribution in [1.82, 2.24) is 0 Å². The van der Waals surface area contributed by atoms with Crippen LogP contribution in [0.2, 0.25) is 0 Å². The second-order valence-corrected chi connectivity index (χ2v) is 5.60. The van der Waals surface area contributed by atoms with Crippen LogP contribution < -0.4 is 4.90 Å². The third-order valence-electron chi connectivity index (χ3n) is 3.33. The summed E-state index contributed by atoms with van der Waals surface area (Å²) in [5, 5.41) is 0. The van der Waals surface area contributed by atoms with Gasteiger partial charge in [-0.15, -0.1) is 0 Å². The standard InChI is InChI=1S/C13H9BrFNO3/c14-9-4-7(15)3-8-11(9)16(13(19)12(8)18)5-10(17)6-1-2-6/h3-4,6H,1-2,5H2. The SMILES string of the molecule is O=C1C(=O)N(CC(=O)C2CC2)c2c(Br)cc(F)cc21. The van der Waals surface area contributed by atoms with E-state index in [9.17, 15) is 18.8 Å². The van der Waals surface area contributed by atoms with Crippen LogP contribution in [0.3, 0.4) is 0 Å². The Morgan fingerprint density at radius 3 is 2.68 bits per heavy atom. The maximum Gasteiger partial charge on any atom is 0.299 e. The van der Waals surface area contributed by atoms with Gasteiger partial charge in [0.1, 0.15) is 5.82 Å². The molecule has 98 valence electrons. The topological polar surface area (TPSA) is 54.5 Å². The van der Waals surface area contributed by atoms with Gasteiger partial charge in [0.05, 0.1) is 17.8 Å². The lowest BCUT2D eigenvalue weighted by atomic mass is 10.1. The fourth-order valence-electron chi connectivity index (χ4n) is 2.19. The van der Waals surface area contributed by atoms with Gasteiger partial charge in [0.15, 0.2) is 5.78 Å². The fraction of sp³-hybridized carbons (Fsp3) is 0.308. The minimum Gasteiger partial charge on any atom is -0.297 e. The van der Waals surface area contributed by atoms with E-state index in [-0.39, 0.29) is 23.8 Å². The summed E-state index contributed by atoms with van der Waals surface area (Å²) in [6, 6.07) is 2.21. The first-order chi connectivity index (χ1) is 8.99. The molecule has 0 saturated heterocycles. The van der Waals surface area contributed by atoms with Gasteiger partial charge >= 0.3 is 0 Å². The van der Waals surface area contributed by atoms with Gasteiger partial charge in [0, 0.05) is 10.4 Å². The van der Waals surface area contributed by atoms with E-state index >= 15 is 0 Å². The van der Waals surface area contributed by atoms with Gasteiger partial charge in [-0.3, -0.25) is 19.3 Å². The molecule has 0 spiro atoms. The molecule has 0 aromatic heterocycles. The number of carbonyl (C=O) groups is 3. The summed E-state index contributed by atoms with van der Waals surface area (Å²) in [6.07, 6.45) is 1.68. The maximum atomic E-state index is 13.3. The Hall–Kier alpha value is -1.56. The average Bonchev–Trinajstić information content (AvgIpc) is 3.15. The van der Waals surface area contributed by atoms with E-state index in [4.69, 9.17) is 0 Å². The number of Topliss-reactive ketones (excluding diaryl/α,β-unsaturated/α-hetero) is 2. The number of rotatable bonds is 3. The van der Waals surface area contributed by atoms with Crippen molar-refractivity contribution in [3.05, 3.63) is 28.0 Å². The summed E-state index contributed by atoms with van der Waals surface area (Å²) in [7, 11) is 0. The van der Waals surface area contributed by atoms with Crippen molar-refractivity contribution in [1.29, 1.82) is 0 Å². The minimum atomic E-state index is -0.768. The Bertz CT molecular complexity index is 625. The van der Waals surface area contributed by atoms with Gasteiger partial charge in [0.2, 0.25) is 0 Å². The number of hydrogen-bond donors (Lipinski definition) is 0. The van der Waals surface area contributed by atoms with Crippen molar-refractivity contribution in [2.75, 3.05) is 11.4 Å².